The number of hydrogen-bond donors (Lipinski definition) is 1. The molecule has 2 aromatic rings. The van der Waals surface area contributed by atoms with Gasteiger partial charge < -0.3 is 10.2 Å². The van der Waals surface area contributed by atoms with Crippen LogP contribution in [0.1, 0.15) is 24.0 Å². The lowest BCUT2D eigenvalue weighted by Gasteiger charge is -2.32. The number of amides is 1. The van der Waals surface area contributed by atoms with Crippen LogP contribution in [0.25, 0.3) is 0 Å². The van der Waals surface area contributed by atoms with Crippen molar-refractivity contribution >= 4 is 17.3 Å². The summed E-state index contributed by atoms with van der Waals surface area (Å²) in [6.45, 7) is 4.89. The zero-order chi connectivity index (χ0) is 18.5. The molecule has 0 radical (unpaired) electrons. The number of nitrogens with zero attached hydrogens (tertiary/aromatic N) is 2. The maximum atomic E-state index is 12.7. The smallest absolute Gasteiger partial charge is 0.228 e. The average Bonchev–Trinajstić information content (AvgIpc) is 2.62. The summed E-state index contributed by atoms with van der Waals surface area (Å²) in [4.78, 5) is 17.2. The Morgan fingerprint density at radius 3 is 2.65 bits per heavy atom. The summed E-state index contributed by atoms with van der Waals surface area (Å²) in [5.41, 5.74) is 4.54. The molecule has 0 aromatic heterocycles. The molecule has 0 aliphatic carbocycles. The molecule has 0 bridgehead atoms. The summed E-state index contributed by atoms with van der Waals surface area (Å²) in [6.07, 6.45) is 2.04. The number of piperidine rings is 1. The van der Waals surface area contributed by atoms with Crippen molar-refractivity contribution in [3.63, 3.8) is 0 Å². The van der Waals surface area contributed by atoms with Crippen molar-refractivity contribution < 1.29 is 4.79 Å². The number of likely N-dealkylation sites (tertiary alicyclic amines) is 1. The average molecular weight is 351 g/mol. The van der Waals surface area contributed by atoms with Crippen molar-refractivity contribution in [2.24, 2.45) is 5.92 Å². The molecule has 26 heavy (non-hydrogen) atoms. The fourth-order valence-electron chi connectivity index (χ4n) is 3.73. The molecule has 2 aromatic carbocycles. The molecule has 0 spiro atoms. The van der Waals surface area contributed by atoms with E-state index in [1.54, 1.807) is 0 Å². The highest BCUT2D eigenvalue weighted by atomic mass is 16.1. The summed E-state index contributed by atoms with van der Waals surface area (Å²) in [5.74, 6) is 0.195. The Balaban J connectivity index is 1.60. The van der Waals surface area contributed by atoms with Gasteiger partial charge in [-0.05, 0) is 55.6 Å². The fourth-order valence-corrected chi connectivity index (χ4v) is 3.73. The molecule has 1 N–H and O–H groups in total. The summed E-state index contributed by atoms with van der Waals surface area (Å²) in [7, 11) is 4.06. The summed E-state index contributed by atoms with van der Waals surface area (Å²) in [6, 6.07) is 16.6. The molecule has 1 amide bonds. The summed E-state index contributed by atoms with van der Waals surface area (Å²) in [5, 5.41) is 3.12. The number of carbonyl (C=O) groups is 1. The number of nitrogens with one attached hydrogen (secondary N) is 1. The minimum absolute atomic E-state index is 0.0568. The van der Waals surface area contributed by atoms with Crippen LogP contribution in [0.15, 0.2) is 48.5 Å². The van der Waals surface area contributed by atoms with E-state index in [2.05, 4.69) is 58.4 Å². The molecule has 1 aliphatic rings. The Kier molecular flexibility index (Phi) is 5.94. The molecule has 3 rings (SSSR count). The Bertz CT molecular complexity index is 742. The highest BCUT2D eigenvalue weighted by Crippen LogP contribution is 2.24. The predicted molar refractivity (Wildman–Crippen MR) is 109 cm³/mol. The van der Waals surface area contributed by atoms with Crippen molar-refractivity contribution in [3.8, 4) is 0 Å². The number of benzene rings is 2. The third-order valence-corrected chi connectivity index (χ3v) is 5.07. The van der Waals surface area contributed by atoms with Gasteiger partial charge in [0.25, 0.3) is 0 Å². The van der Waals surface area contributed by atoms with Crippen molar-refractivity contribution in [3.05, 3.63) is 59.7 Å². The molecular weight excluding hydrogens is 322 g/mol. The molecule has 4 nitrogen and oxygen atoms in total. The van der Waals surface area contributed by atoms with Crippen molar-refractivity contribution in [2.75, 3.05) is 37.4 Å². The zero-order valence-corrected chi connectivity index (χ0v) is 16.0. The van der Waals surface area contributed by atoms with Gasteiger partial charge in [-0.2, -0.15) is 0 Å². The van der Waals surface area contributed by atoms with E-state index in [1.807, 2.05) is 26.2 Å². The number of aryl methyl sites for hydroxylation is 1. The topological polar surface area (TPSA) is 35.6 Å². The van der Waals surface area contributed by atoms with Crippen LogP contribution in [-0.4, -0.2) is 38.0 Å². The third-order valence-electron chi connectivity index (χ3n) is 5.07. The van der Waals surface area contributed by atoms with E-state index in [4.69, 9.17) is 0 Å². The first-order chi connectivity index (χ1) is 12.5. The van der Waals surface area contributed by atoms with E-state index in [0.717, 1.165) is 38.2 Å². The Morgan fingerprint density at radius 1 is 1.19 bits per heavy atom. The number of hydrogen-bond acceptors (Lipinski definition) is 3. The molecule has 138 valence electrons. The molecule has 1 unspecified atom stereocenters. The van der Waals surface area contributed by atoms with Gasteiger partial charge in [0.15, 0.2) is 0 Å². The first-order valence-electron chi connectivity index (χ1n) is 9.38. The van der Waals surface area contributed by atoms with Crippen molar-refractivity contribution in [2.45, 2.75) is 26.3 Å². The minimum atomic E-state index is 0.0568. The van der Waals surface area contributed by atoms with Crippen molar-refractivity contribution in [1.29, 1.82) is 0 Å². The Labute approximate surface area is 156 Å². The molecule has 0 saturated carbocycles. The lowest BCUT2D eigenvalue weighted by atomic mass is 9.96. The van der Waals surface area contributed by atoms with Gasteiger partial charge in [0.2, 0.25) is 5.91 Å². The van der Waals surface area contributed by atoms with Crippen LogP contribution >= 0.6 is 0 Å². The lowest BCUT2D eigenvalue weighted by Crippen LogP contribution is -2.40. The van der Waals surface area contributed by atoms with Crippen LogP contribution < -0.4 is 10.2 Å². The van der Waals surface area contributed by atoms with Crippen LogP contribution in [0.3, 0.4) is 0 Å². The van der Waals surface area contributed by atoms with Gasteiger partial charge >= 0.3 is 0 Å². The summed E-state index contributed by atoms with van der Waals surface area (Å²) >= 11 is 0. The second kappa shape index (κ2) is 8.37. The van der Waals surface area contributed by atoms with Crippen LogP contribution in [0, 0.1) is 12.8 Å². The van der Waals surface area contributed by atoms with Gasteiger partial charge in [-0.3, -0.25) is 9.69 Å². The van der Waals surface area contributed by atoms with E-state index in [9.17, 15) is 4.79 Å². The molecule has 1 heterocycles. The number of anilines is 2. The zero-order valence-electron chi connectivity index (χ0n) is 16.0. The molecule has 1 aliphatic heterocycles. The van der Waals surface area contributed by atoms with Gasteiger partial charge in [0.05, 0.1) is 5.92 Å². The first kappa shape index (κ1) is 18.5. The SMILES string of the molecule is Cc1cc(NC(=O)C2CCCN(Cc3ccccc3)C2)ccc1N(C)C. The Morgan fingerprint density at radius 2 is 1.96 bits per heavy atom. The number of rotatable bonds is 5. The van der Waals surface area contributed by atoms with Crippen LogP contribution in [0.5, 0.6) is 0 Å². The second-order valence-corrected chi connectivity index (χ2v) is 7.44. The maximum absolute atomic E-state index is 12.7. The Hall–Kier alpha value is -2.33. The molecule has 4 heteroatoms. The maximum Gasteiger partial charge on any atom is 0.228 e. The van der Waals surface area contributed by atoms with Crippen LogP contribution in [0.2, 0.25) is 0 Å². The van der Waals surface area contributed by atoms with Crippen molar-refractivity contribution in [1.82, 2.24) is 4.90 Å². The second-order valence-electron chi connectivity index (χ2n) is 7.44. The monoisotopic (exact) mass is 351 g/mol. The quantitative estimate of drug-likeness (QED) is 0.887. The molecule has 1 saturated heterocycles. The van der Waals surface area contributed by atoms with E-state index in [1.165, 1.54) is 16.8 Å². The highest BCUT2D eigenvalue weighted by Gasteiger charge is 2.26. The van der Waals surface area contributed by atoms with E-state index in [-0.39, 0.29) is 11.8 Å². The van der Waals surface area contributed by atoms with Gasteiger partial charge in [0, 0.05) is 38.6 Å². The lowest BCUT2D eigenvalue weighted by molar-refractivity contribution is -0.121. The standard InChI is InChI=1S/C22H29N3O/c1-17-14-20(11-12-21(17)24(2)3)23-22(26)19-10-7-13-25(16-19)15-18-8-5-4-6-9-18/h4-6,8-9,11-12,14,19H,7,10,13,15-16H2,1-3H3,(H,23,26). The largest absolute Gasteiger partial charge is 0.377 e. The van der Waals surface area contributed by atoms with E-state index in [0.29, 0.717) is 0 Å². The highest BCUT2D eigenvalue weighted by molar-refractivity contribution is 5.93. The fraction of sp³-hybridized carbons (Fsp3) is 0.409. The van der Waals surface area contributed by atoms with Crippen LogP contribution in [0.4, 0.5) is 11.4 Å². The number of carbonyl (C=O) groups excluding carboxylic acids is 1. The summed E-state index contributed by atoms with van der Waals surface area (Å²) < 4.78 is 0. The first-order valence-corrected chi connectivity index (χ1v) is 9.38. The van der Waals surface area contributed by atoms with E-state index < -0.39 is 0 Å². The van der Waals surface area contributed by atoms with Crippen LogP contribution in [-0.2, 0) is 11.3 Å². The molecule has 1 atom stereocenters. The van der Waals surface area contributed by atoms with Gasteiger partial charge in [-0.25, -0.2) is 0 Å². The van der Waals surface area contributed by atoms with Gasteiger partial charge in [-0.15, -0.1) is 0 Å². The van der Waals surface area contributed by atoms with Gasteiger partial charge in [-0.1, -0.05) is 30.3 Å². The predicted octanol–water partition coefficient (Wildman–Crippen LogP) is 3.91. The van der Waals surface area contributed by atoms with E-state index >= 15 is 0 Å². The van der Waals surface area contributed by atoms with Gasteiger partial charge in [0.1, 0.15) is 0 Å². The third kappa shape index (κ3) is 4.64. The minimum Gasteiger partial charge on any atom is -0.377 e. The molecule has 1 fully saturated rings. The molecular formula is C22H29N3O. The normalized spacial score (nSPS) is 17.7.